The van der Waals surface area contributed by atoms with Gasteiger partial charge in [0.15, 0.2) is 0 Å². The first-order valence-electron chi connectivity index (χ1n) is 3.32. The molecule has 0 heterocycles. The van der Waals surface area contributed by atoms with E-state index in [1.165, 1.54) is 6.42 Å². The van der Waals surface area contributed by atoms with Crippen molar-refractivity contribution in [2.45, 2.75) is 39.7 Å². The molecule has 0 bridgehead atoms. The van der Waals surface area contributed by atoms with Gasteiger partial charge in [-0.25, -0.2) is 0 Å². The first-order chi connectivity index (χ1) is 3.98. The van der Waals surface area contributed by atoms with Gasteiger partial charge in [-0.2, -0.15) is 0 Å². The SMILES string of the molecule is CC(C)CC(C)(C)[N]=[Mo]. The summed E-state index contributed by atoms with van der Waals surface area (Å²) >= 11 is 1.83. The third kappa shape index (κ3) is 4.96. The second-order valence-corrected chi connectivity index (χ2v) is 3.95. The summed E-state index contributed by atoms with van der Waals surface area (Å²) in [4.78, 5) is 0. The van der Waals surface area contributed by atoms with Crippen LogP contribution in [0.25, 0.3) is 0 Å². The Balaban J connectivity index is 3.71. The second kappa shape index (κ2) is 3.61. The van der Waals surface area contributed by atoms with Crippen LogP contribution in [0.3, 0.4) is 0 Å². The van der Waals surface area contributed by atoms with Crippen LogP contribution >= 0.6 is 0 Å². The Kier molecular flexibility index (Phi) is 3.80. The van der Waals surface area contributed by atoms with Gasteiger partial charge in [0.1, 0.15) is 0 Å². The Morgan fingerprint density at radius 3 is 2.00 bits per heavy atom. The molecule has 1 nitrogen and oxygen atoms in total. The van der Waals surface area contributed by atoms with Crippen LogP contribution in [0, 0.1) is 5.92 Å². The van der Waals surface area contributed by atoms with Crippen LogP contribution in [0.4, 0.5) is 0 Å². The average Bonchev–Trinajstić information content (AvgIpc) is 1.63. The van der Waals surface area contributed by atoms with Crippen LogP contribution in [0.5, 0.6) is 0 Å². The quantitative estimate of drug-likeness (QED) is 0.633. The van der Waals surface area contributed by atoms with E-state index >= 15 is 0 Å². The van der Waals surface area contributed by atoms with Gasteiger partial charge in [0.2, 0.25) is 0 Å². The Bertz CT molecular complexity index is 97.1. The molecule has 9 heavy (non-hydrogen) atoms. The van der Waals surface area contributed by atoms with Gasteiger partial charge in [-0.3, -0.25) is 0 Å². The van der Waals surface area contributed by atoms with Crippen LogP contribution < -0.4 is 0 Å². The summed E-state index contributed by atoms with van der Waals surface area (Å²) in [6.07, 6.45) is 1.19. The predicted octanol–water partition coefficient (Wildman–Crippen LogP) is 2.54. The topological polar surface area (TPSA) is 12.4 Å². The third-order valence-electron chi connectivity index (χ3n) is 1.15. The van der Waals surface area contributed by atoms with Gasteiger partial charge in [-0.05, 0) is 0 Å². The van der Waals surface area contributed by atoms with Crippen molar-refractivity contribution in [1.82, 2.24) is 0 Å². The monoisotopic (exact) mass is 211 g/mol. The van der Waals surface area contributed by atoms with Crippen molar-refractivity contribution in [2.24, 2.45) is 9.41 Å². The van der Waals surface area contributed by atoms with Gasteiger partial charge in [-0.1, -0.05) is 0 Å². The summed E-state index contributed by atoms with van der Waals surface area (Å²) in [5.74, 6) is 0.755. The summed E-state index contributed by atoms with van der Waals surface area (Å²) in [6, 6.07) is 0. The molecule has 0 aromatic rings. The predicted molar refractivity (Wildman–Crippen MR) is 36.0 cm³/mol. The molecule has 0 radical (unpaired) electrons. The zero-order valence-corrected chi connectivity index (χ0v) is 8.65. The van der Waals surface area contributed by atoms with E-state index in [4.69, 9.17) is 0 Å². The van der Waals surface area contributed by atoms with Crippen molar-refractivity contribution >= 4 is 0 Å². The van der Waals surface area contributed by atoms with Crippen LogP contribution in [0.1, 0.15) is 34.1 Å². The van der Waals surface area contributed by atoms with Crippen molar-refractivity contribution in [3.8, 4) is 0 Å². The van der Waals surface area contributed by atoms with Crippen molar-refractivity contribution in [1.29, 1.82) is 0 Å². The first kappa shape index (κ1) is 9.49. The molecule has 0 saturated carbocycles. The minimum absolute atomic E-state index is 0.193. The number of hydrogen-bond donors (Lipinski definition) is 0. The molecule has 0 aliphatic heterocycles. The van der Waals surface area contributed by atoms with Gasteiger partial charge < -0.3 is 0 Å². The van der Waals surface area contributed by atoms with Gasteiger partial charge >= 0.3 is 68.7 Å². The molecule has 0 amide bonds. The molecular weight excluding hydrogens is 194 g/mol. The van der Waals surface area contributed by atoms with E-state index in [-0.39, 0.29) is 5.54 Å². The first-order valence-corrected chi connectivity index (χ1v) is 4.22. The molecular formula is C7H15MoN. The van der Waals surface area contributed by atoms with Crippen LogP contribution in [0.2, 0.25) is 0 Å². The van der Waals surface area contributed by atoms with Crippen LogP contribution in [-0.4, -0.2) is 5.54 Å². The van der Waals surface area contributed by atoms with Crippen LogP contribution in [0.15, 0.2) is 3.50 Å². The molecule has 0 spiro atoms. The molecule has 54 valence electrons. The maximum atomic E-state index is 4.27. The Morgan fingerprint density at radius 2 is 1.89 bits per heavy atom. The zero-order chi connectivity index (χ0) is 7.49. The fourth-order valence-corrected chi connectivity index (χ4v) is 1.22. The Hall–Kier alpha value is 0.488. The molecule has 0 saturated heterocycles. The second-order valence-electron chi connectivity index (χ2n) is 3.50. The van der Waals surface area contributed by atoms with Gasteiger partial charge in [0.25, 0.3) is 0 Å². The molecule has 0 aliphatic carbocycles. The zero-order valence-electron chi connectivity index (χ0n) is 6.64. The van der Waals surface area contributed by atoms with Crippen molar-refractivity contribution in [2.75, 3.05) is 0 Å². The van der Waals surface area contributed by atoms with E-state index < -0.39 is 0 Å². The molecule has 0 unspecified atom stereocenters. The molecule has 0 N–H and O–H groups in total. The number of hydrogen-bond acceptors (Lipinski definition) is 1. The normalized spacial score (nSPS) is 12.1. The molecule has 0 rings (SSSR count). The average molecular weight is 209 g/mol. The summed E-state index contributed by atoms with van der Waals surface area (Å²) in [7, 11) is 0. The van der Waals surface area contributed by atoms with E-state index in [2.05, 4.69) is 31.2 Å². The fraction of sp³-hybridized carbons (Fsp3) is 1.00. The molecule has 0 atom stereocenters. The number of nitrogens with zero attached hydrogens (tertiary/aromatic N) is 1. The molecule has 0 aliphatic rings. The molecule has 2 heteroatoms. The van der Waals surface area contributed by atoms with E-state index in [0.717, 1.165) is 5.92 Å². The summed E-state index contributed by atoms with van der Waals surface area (Å²) in [5.41, 5.74) is 0.193. The van der Waals surface area contributed by atoms with Gasteiger partial charge in [0, 0.05) is 0 Å². The Morgan fingerprint density at radius 1 is 1.44 bits per heavy atom. The summed E-state index contributed by atoms with van der Waals surface area (Å²) in [5, 5.41) is 0. The van der Waals surface area contributed by atoms with E-state index in [0.29, 0.717) is 0 Å². The van der Waals surface area contributed by atoms with Crippen LogP contribution in [-0.2, 0) is 19.6 Å². The maximum absolute atomic E-state index is 4.27. The van der Waals surface area contributed by atoms with E-state index in [1.54, 1.807) is 0 Å². The molecule has 0 aromatic carbocycles. The van der Waals surface area contributed by atoms with Crippen molar-refractivity contribution in [3.05, 3.63) is 0 Å². The summed E-state index contributed by atoms with van der Waals surface area (Å²) in [6.45, 7) is 8.81. The third-order valence-corrected chi connectivity index (χ3v) is 2.37. The standard InChI is InChI=1S/C7H15N.Mo/c1-6(2)5-7(3,4)8;/h6H,5H2,1-4H3;. The number of rotatable bonds is 3. The van der Waals surface area contributed by atoms with E-state index in [9.17, 15) is 0 Å². The van der Waals surface area contributed by atoms with Gasteiger partial charge in [-0.15, -0.1) is 0 Å². The Labute approximate surface area is 69.0 Å². The van der Waals surface area contributed by atoms with E-state index in [1.807, 2.05) is 19.6 Å². The summed E-state index contributed by atoms with van der Waals surface area (Å²) < 4.78 is 4.27. The fourth-order valence-electron chi connectivity index (χ4n) is 1.04. The van der Waals surface area contributed by atoms with Gasteiger partial charge in [0.05, 0.1) is 0 Å². The molecule has 0 fully saturated rings. The van der Waals surface area contributed by atoms with Crippen molar-refractivity contribution in [3.63, 3.8) is 0 Å². The van der Waals surface area contributed by atoms with Crippen molar-refractivity contribution < 1.29 is 19.6 Å². The molecule has 0 aromatic heterocycles. The minimum atomic E-state index is 0.193.